The van der Waals surface area contributed by atoms with Crippen molar-refractivity contribution in [1.82, 2.24) is 9.88 Å². The first kappa shape index (κ1) is 18.5. The molecule has 2 heterocycles. The Morgan fingerprint density at radius 3 is 2.85 bits per heavy atom. The molecule has 0 bridgehead atoms. The number of nitriles is 1. The van der Waals surface area contributed by atoms with Crippen molar-refractivity contribution in [1.29, 1.82) is 5.26 Å². The largest absolute Gasteiger partial charge is 0.492 e. The predicted molar refractivity (Wildman–Crippen MR) is 103 cm³/mol. The molecule has 136 valence electrons. The lowest BCUT2D eigenvalue weighted by Gasteiger charge is -2.32. The molecule has 1 aliphatic heterocycles. The van der Waals surface area contributed by atoms with Crippen LogP contribution < -0.4 is 10.1 Å². The summed E-state index contributed by atoms with van der Waals surface area (Å²) in [5.74, 6) is 1.54. The third-order valence-corrected chi connectivity index (χ3v) is 4.84. The minimum Gasteiger partial charge on any atom is -0.492 e. The van der Waals surface area contributed by atoms with Crippen molar-refractivity contribution >= 4 is 17.4 Å². The zero-order valence-corrected chi connectivity index (χ0v) is 15.7. The highest BCUT2D eigenvalue weighted by Gasteiger charge is 2.20. The van der Waals surface area contributed by atoms with Crippen molar-refractivity contribution in [3.63, 3.8) is 0 Å². The van der Waals surface area contributed by atoms with E-state index in [0.29, 0.717) is 23.2 Å². The average Bonchev–Trinajstić information content (AvgIpc) is 2.66. The van der Waals surface area contributed by atoms with Crippen molar-refractivity contribution in [2.75, 3.05) is 25.0 Å². The molecular weight excluding hydrogens is 348 g/mol. The van der Waals surface area contributed by atoms with Crippen molar-refractivity contribution in [2.24, 2.45) is 0 Å². The monoisotopic (exact) mass is 370 g/mol. The van der Waals surface area contributed by atoms with Gasteiger partial charge in [0.05, 0.1) is 23.3 Å². The van der Waals surface area contributed by atoms with Crippen LogP contribution in [0.4, 0.5) is 5.82 Å². The Hall–Kier alpha value is -2.29. The van der Waals surface area contributed by atoms with Crippen LogP contribution in [0.5, 0.6) is 5.75 Å². The van der Waals surface area contributed by atoms with Gasteiger partial charge in [0.2, 0.25) is 0 Å². The van der Waals surface area contributed by atoms with Crippen LogP contribution in [0.15, 0.2) is 36.5 Å². The number of rotatable bonds is 6. The first-order valence-electron chi connectivity index (χ1n) is 8.94. The number of nitrogens with zero attached hydrogens (tertiary/aromatic N) is 3. The van der Waals surface area contributed by atoms with Gasteiger partial charge in [0.25, 0.3) is 0 Å². The average molecular weight is 371 g/mol. The Kier molecular flexibility index (Phi) is 6.32. The Bertz CT molecular complexity index is 782. The molecule has 0 radical (unpaired) electrons. The van der Waals surface area contributed by atoms with Gasteiger partial charge in [0, 0.05) is 31.9 Å². The van der Waals surface area contributed by atoms with E-state index in [2.05, 4.69) is 27.3 Å². The van der Waals surface area contributed by atoms with Gasteiger partial charge in [-0.05, 0) is 49.6 Å². The number of pyridine rings is 1. The van der Waals surface area contributed by atoms with E-state index in [1.807, 2.05) is 19.1 Å². The Morgan fingerprint density at radius 1 is 1.31 bits per heavy atom. The number of ether oxygens (including phenoxy) is 1. The van der Waals surface area contributed by atoms with Gasteiger partial charge >= 0.3 is 0 Å². The Balaban J connectivity index is 1.52. The van der Waals surface area contributed by atoms with Gasteiger partial charge < -0.3 is 10.1 Å². The summed E-state index contributed by atoms with van der Waals surface area (Å²) >= 11 is 6.16. The molecule has 1 aliphatic rings. The summed E-state index contributed by atoms with van der Waals surface area (Å²) in [6.07, 6.45) is 3.77. The van der Waals surface area contributed by atoms with Crippen molar-refractivity contribution in [3.8, 4) is 11.8 Å². The summed E-state index contributed by atoms with van der Waals surface area (Å²) in [5, 5.41) is 13.1. The van der Waals surface area contributed by atoms with Crippen LogP contribution in [0.2, 0.25) is 5.02 Å². The summed E-state index contributed by atoms with van der Waals surface area (Å²) < 4.78 is 5.58. The molecular formula is C20H23ClN4O. The molecule has 1 saturated heterocycles. The van der Waals surface area contributed by atoms with E-state index in [-0.39, 0.29) is 0 Å². The molecule has 26 heavy (non-hydrogen) atoms. The highest BCUT2D eigenvalue weighted by molar-refractivity contribution is 6.32. The Morgan fingerprint density at radius 2 is 2.12 bits per heavy atom. The Labute approximate surface area is 159 Å². The molecule has 0 amide bonds. The summed E-state index contributed by atoms with van der Waals surface area (Å²) in [6, 6.07) is 12.1. The quantitative estimate of drug-likeness (QED) is 0.830. The molecule has 1 aromatic carbocycles. The number of hydrogen-bond donors (Lipinski definition) is 1. The summed E-state index contributed by atoms with van der Waals surface area (Å²) in [7, 11) is 0. The minimum atomic E-state index is 0.386. The van der Waals surface area contributed by atoms with Gasteiger partial charge in [-0.25, -0.2) is 4.98 Å². The number of hydrogen-bond acceptors (Lipinski definition) is 5. The van der Waals surface area contributed by atoms with Crippen LogP contribution in [0, 0.1) is 11.3 Å². The molecule has 1 aromatic heterocycles. The van der Waals surface area contributed by atoms with Crippen LogP contribution in [-0.2, 0) is 6.54 Å². The SMILES string of the molecule is CCOc1cc(CN2CCC(Nc3cc(C#N)ccn3)CC2)ccc1Cl. The second kappa shape index (κ2) is 8.88. The predicted octanol–water partition coefficient (Wildman–Crippen LogP) is 4.08. The highest BCUT2D eigenvalue weighted by Crippen LogP contribution is 2.27. The van der Waals surface area contributed by atoms with Gasteiger partial charge in [-0.3, -0.25) is 4.90 Å². The molecule has 0 atom stereocenters. The van der Waals surface area contributed by atoms with E-state index in [0.717, 1.165) is 44.0 Å². The second-order valence-corrected chi connectivity index (χ2v) is 6.84. The number of piperidine rings is 1. The fourth-order valence-corrected chi connectivity index (χ4v) is 3.37. The minimum absolute atomic E-state index is 0.386. The lowest BCUT2D eigenvalue weighted by molar-refractivity contribution is 0.211. The number of anilines is 1. The van der Waals surface area contributed by atoms with Gasteiger partial charge in [-0.15, -0.1) is 0 Å². The van der Waals surface area contributed by atoms with Crippen LogP contribution >= 0.6 is 11.6 Å². The zero-order chi connectivity index (χ0) is 18.4. The standard InChI is InChI=1S/C20H23ClN4O/c1-2-26-19-11-16(3-4-18(19)21)14-25-9-6-17(7-10-25)24-20-12-15(13-22)5-8-23-20/h3-5,8,11-12,17H,2,6-7,9-10,14H2,1H3,(H,23,24). The van der Waals surface area contributed by atoms with E-state index in [1.165, 1.54) is 5.56 Å². The van der Waals surface area contributed by atoms with Crippen molar-refractivity contribution in [3.05, 3.63) is 52.7 Å². The number of likely N-dealkylation sites (tertiary alicyclic amines) is 1. The van der Waals surface area contributed by atoms with Gasteiger partial charge in [-0.1, -0.05) is 17.7 Å². The van der Waals surface area contributed by atoms with E-state index in [9.17, 15) is 0 Å². The molecule has 6 heteroatoms. The molecule has 3 rings (SSSR count). The maximum atomic E-state index is 8.98. The maximum Gasteiger partial charge on any atom is 0.138 e. The molecule has 0 unspecified atom stereocenters. The normalized spacial score (nSPS) is 15.4. The molecule has 0 saturated carbocycles. The lowest BCUT2D eigenvalue weighted by Crippen LogP contribution is -2.38. The van der Waals surface area contributed by atoms with Gasteiger partial charge in [-0.2, -0.15) is 5.26 Å². The third-order valence-electron chi connectivity index (χ3n) is 4.53. The number of benzene rings is 1. The van der Waals surface area contributed by atoms with Gasteiger partial charge in [0.15, 0.2) is 0 Å². The fraction of sp³-hybridized carbons (Fsp3) is 0.400. The lowest BCUT2D eigenvalue weighted by atomic mass is 10.0. The second-order valence-electron chi connectivity index (χ2n) is 6.43. The van der Waals surface area contributed by atoms with E-state index >= 15 is 0 Å². The fourth-order valence-electron chi connectivity index (χ4n) is 3.19. The van der Waals surface area contributed by atoms with Crippen LogP contribution in [0.1, 0.15) is 30.9 Å². The molecule has 1 fully saturated rings. The highest BCUT2D eigenvalue weighted by atomic mass is 35.5. The first-order valence-corrected chi connectivity index (χ1v) is 9.32. The topological polar surface area (TPSA) is 61.2 Å². The van der Waals surface area contributed by atoms with Crippen LogP contribution in [0.3, 0.4) is 0 Å². The van der Waals surface area contributed by atoms with Crippen molar-refractivity contribution < 1.29 is 4.74 Å². The number of halogens is 1. The summed E-state index contributed by atoms with van der Waals surface area (Å²) in [6.45, 7) is 5.50. The van der Waals surface area contributed by atoms with Crippen LogP contribution in [0.25, 0.3) is 0 Å². The van der Waals surface area contributed by atoms with E-state index in [4.69, 9.17) is 21.6 Å². The number of nitrogens with one attached hydrogen (secondary N) is 1. The summed E-state index contributed by atoms with van der Waals surface area (Å²) in [5.41, 5.74) is 1.85. The van der Waals surface area contributed by atoms with E-state index in [1.54, 1.807) is 18.3 Å². The third kappa shape index (κ3) is 4.87. The molecule has 0 spiro atoms. The smallest absolute Gasteiger partial charge is 0.138 e. The molecule has 2 aromatic rings. The number of aromatic nitrogens is 1. The molecule has 5 nitrogen and oxygen atoms in total. The van der Waals surface area contributed by atoms with E-state index < -0.39 is 0 Å². The van der Waals surface area contributed by atoms with Crippen LogP contribution in [-0.4, -0.2) is 35.6 Å². The van der Waals surface area contributed by atoms with Crippen molar-refractivity contribution in [2.45, 2.75) is 32.4 Å². The van der Waals surface area contributed by atoms with Gasteiger partial charge in [0.1, 0.15) is 11.6 Å². The zero-order valence-electron chi connectivity index (χ0n) is 14.9. The maximum absolute atomic E-state index is 8.98. The molecule has 1 N–H and O–H groups in total. The molecule has 0 aliphatic carbocycles. The first-order chi connectivity index (χ1) is 12.7. The summed E-state index contributed by atoms with van der Waals surface area (Å²) in [4.78, 5) is 6.74.